The van der Waals surface area contributed by atoms with Gasteiger partial charge in [0.15, 0.2) is 0 Å². The molecule has 6 nitrogen and oxygen atoms in total. The van der Waals surface area contributed by atoms with Gasteiger partial charge < -0.3 is 20.0 Å². The van der Waals surface area contributed by atoms with Crippen LogP contribution in [0, 0.1) is 0 Å². The van der Waals surface area contributed by atoms with Crippen LogP contribution in [0.25, 0.3) is 0 Å². The third-order valence-electron chi connectivity index (χ3n) is 3.31. The van der Waals surface area contributed by atoms with Gasteiger partial charge in [-0.2, -0.15) is 0 Å². The minimum Gasteiger partial charge on any atom is -0.481 e. The predicted molar refractivity (Wildman–Crippen MR) is 66.3 cm³/mol. The summed E-state index contributed by atoms with van der Waals surface area (Å²) in [5, 5.41) is 18.6. The molecule has 2 atom stereocenters. The number of hydrogen-bond donors (Lipinski definition) is 2. The second kappa shape index (κ2) is 5.56. The van der Waals surface area contributed by atoms with Gasteiger partial charge in [0.25, 0.3) is 0 Å². The van der Waals surface area contributed by atoms with Gasteiger partial charge in [-0.15, -0.1) is 0 Å². The topological polar surface area (TPSA) is 81.1 Å². The van der Waals surface area contributed by atoms with Gasteiger partial charge in [-0.05, 0) is 27.2 Å². The molecule has 0 spiro atoms. The van der Waals surface area contributed by atoms with E-state index in [0.717, 1.165) is 0 Å². The van der Waals surface area contributed by atoms with E-state index in [0.29, 0.717) is 26.1 Å². The van der Waals surface area contributed by atoms with Gasteiger partial charge in [-0.1, -0.05) is 0 Å². The number of aliphatic hydroxyl groups is 1. The average Bonchev–Trinajstić information content (AvgIpc) is 2.58. The summed E-state index contributed by atoms with van der Waals surface area (Å²) >= 11 is 0. The number of carbonyl (C=O) groups excluding carboxylic acids is 1. The maximum Gasteiger partial charge on any atom is 0.320 e. The fraction of sp³-hybridized carbons (Fsp3) is 0.833. The molecule has 2 unspecified atom stereocenters. The first-order valence-electron chi connectivity index (χ1n) is 6.26. The molecule has 1 rings (SSSR count). The van der Waals surface area contributed by atoms with Crippen LogP contribution >= 0.6 is 0 Å². The van der Waals surface area contributed by atoms with Crippen LogP contribution in [-0.2, 0) is 4.79 Å². The van der Waals surface area contributed by atoms with E-state index >= 15 is 0 Å². The molecule has 1 aliphatic rings. The highest BCUT2D eigenvalue weighted by molar-refractivity contribution is 5.76. The molecule has 0 aromatic heterocycles. The highest BCUT2D eigenvalue weighted by atomic mass is 16.4. The molecule has 0 saturated carbocycles. The number of hydrogen-bond acceptors (Lipinski definition) is 3. The van der Waals surface area contributed by atoms with Crippen molar-refractivity contribution in [3.63, 3.8) is 0 Å². The molecule has 2 N–H and O–H groups in total. The molecule has 1 fully saturated rings. The Kier molecular flexibility index (Phi) is 4.56. The second-order valence-electron chi connectivity index (χ2n) is 5.18. The summed E-state index contributed by atoms with van der Waals surface area (Å²) in [5.41, 5.74) is -0.828. The molecular weight excluding hydrogens is 236 g/mol. The van der Waals surface area contributed by atoms with Crippen molar-refractivity contribution in [1.82, 2.24) is 9.80 Å². The molecule has 2 amide bonds. The number of urea groups is 1. The summed E-state index contributed by atoms with van der Waals surface area (Å²) in [5.74, 6) is -0.915. The molecule has 0 aromatic carbocycles. The first-order valence-corrected chi connectivity index (χ1v) is 6.26. The number of nitrogens with zero attached hydrogens (tertiary/aromatic N) is 2. The summed E-state index contributed by atoms with van der Waals surface area (Å²) in [6.45, 7) is 6.54. The van der Waals surface area contributed by atoms with Crippen molar-refractivity contribution >= 4 is 12.0 Å². The Bertz CT molecular complexity index is 330. The van der Waals surface area contributed by atoms with Crippen molar-refractivity contribution in [2.45, 2.75) is 45.3 Å². The maximum absolute atomic E-state index is 12.2. The van der Waals surface area contributed by atoms with E-state index in [1.165, 1.54) is 4.90 Å². The Morgan fingerprint density at radius 1 is 1.50 bits per heavy atom. The SMILES string of the molecule is CCN(C(=O)N1CCC(C)(O)C1)C(C)CC(=O)O. The smallest absolute Gasteiger partial charge is 0.320 e. The minimum atomic E-state index is -0.915. The van der Waals surface area contributed by atoms with Crippen molar-refractivity contribution in [1.29, 1.82) is 0 Å². The van der Waals surface area contributed by atoms with Gasteiger partial charge >= 0.3 is 12.0 Å². The lowest BCUT2D eigenvalue weighted by Crippen LogP contribution is -2.48. The molecule has 104 valence electrons. The van der Waals surface area contributed by atoms with Crippen LogP contribution in [0.2, 0.25) is 0 Å². The largest absolute Gasteiger partial charge is 0.481 e. The number of carbonyl (C=O) groups is 2. The molecule has 0 aliphatic carbocycles. The van der Waals surface area contributed by atoms with Crippen molar-refractivity contribution in [3.05, 3.63) is 0 Å². The highest BCUT2D eigenvalue weighted by Crippen LogP contribution is 2.22. The Balaban J connectivity index is 2.65. The number of amides is 2. The summed E-state index contributed by atoms with van der Waals surface area (Å²) in [6.07, 6.45) is 0.493. The second-order valence-corrected chi connectivity index (χ2v) is 5.18. The Labute approximate surface area is 107 Å². The minimum absolute atomic E-state index is 0.0657. The number of likely N-dealkylation sites (tertiary alicyclic amines) is 1. The number of rotatable bonds is 4. The Morgan fingerprint density at radius 3 is 2.50 bits per heavy atom. The van der Waals surface area contributed by atoms with E-state index < -0.39 is 11.6 Å². The van der Waals surface area contributed by atoms with Crippen molar-refractivity contribution in [2.24, 2.45) is 0 Å². The zero-order valence-corrected chi connectivity index (χ0v) is 11.2. The zero-order valence-electron chi connectivity index (χ0n) is 11.2. The monoisotopic (exact) mass is 258 g/mol. The normalized spacial score (nSPS) is 25.0. The fourth-order valence-corrected chi connectivity index (χ4v) is 2.29. The van der Waals surface area contributed by atoms with Crippen molar-refractivity contribution in [3.8, 4) is 0 Å². The lowest BCUT2D eigenvalue weighted by Gasteiger charge is -2.31. The standard InChI is InChI=1S/C12H22N2O4/c1-4-14(9(2)7-10(15)16)11(17)13-6-5-12(3,18)8-13/h9,18H,4-8H2,1-3H3,(H,15,16). The van der Waals surface area contributed by atoms with E-state index in [9.17, 15) is 14.7 Å². The summed E-state index contributed by atoms with van der Waals surface area (Å²) in [4.78, 5) is 26.0. The van der Waals surface area contributed by atoms with Gasteiger partial charge in [-0.25, -0.2) is 4.79 Å². The van der Waals surface area contributed by atoms with E-state index in [1.54, 1.807) is 18.7 Å². The van der Waals surface area contributed by atoms with Crippen LogP contribution in [0.1, 0.15) is 33.6 Å². The van der Waals surface area contributed by atoms with Crippen LogP contribution in [0.15, 0.2) is 0 Å². The molecule has 18 heavy (non-hydrogen) atoms. The predicted octanol–water partition coefficient (Wildman–Crippen LogP) is 0.748. The molecular formula is C12H22N2O4. The molecule has 0 radical (unpaired) electrons. The molecule has 1 heterocycles. The van der Waals surface area contributed by atoms with Crippen molar-refractivity contribution < 1.29 is 19.8 Å². The highest BCUT2D eigenvalue weighted by Gasteiger charge is 2.36. The van der Waals surface area contributed by atoms with Gasteiger partial charge in [0, 0.05) is 19.1 Å². The molecule has 6 heteroatoms. The molecule has 0 bridgehead atoms. The number of carboxylic acid groups (broad SMARTS) is 1. The van der Waals surface area contributed by atoms with Gasteiger partial charge in [0.1, 0.15) is 0 Å². The number of β-amino-alcohol motifs (C(OH)–C–C–N with tert-alkyl or cyclic N) is 1. The van der Waals surface area contributed by atoms with E-state index in [4.69, 9.17) is 5.11 Å². The lowest BCUT2D eigenvalue weighted by molar-refractivity contribution is -0.138. The number of aliphatic carboxylic acids is 1. The van der Waals surface area contributed by atoms with Crippen LogP contribution in [0.3, 0.4) is 0 Å². The molecule has 1 aliphatic heterocycles. The van der Waals surface area contributed by atoms with Crippen LogP contribution < -0.4 is 0 Å². The lowest BCUT2D eigenvalue weighted by atomic mass is 10.1. The van der Waals surface area contributed by atoms with E-state index in [1.807, 2.05) is 6.92 Å². The Hall–Kier alpha value is -1.30. The molecule has 1 saturated heterocycles. The van der Waals surface area contributed by atoms with Crippen molar-refractivity contribution in [2.75, 3.05) is 19.6 Å². The van der Waals surface area contributed by atoms with E-state index in [-0.39, 0.29) is 18.5 Å². The van der Waals surface area contributed by atoms with Crippen LogP contribution in [0.5, 0.6) is 0 Å². The first-order chi connectivity index (χ1) is 8.26. The summed E-state index contributed by atoms with van der Waals surface area (Å²) < 4.78 is 0. The van der Waals surface area contributed by atoms with E-state index in [2.05, 4.69) is 0 Å². The van der Waals surface area contributed by atoms with Gasteiger partial charge in [0.2, 0.25) is 0 Å². The van der Waals surface area contributed by atoms with Gasteiger partial charge in [-0.3, -0.25) is 4.79 Å². The van der Waals surface area contributed by atoms with Crippen LogP contribution in [0.4, 0.5) is 4.79 Å². The third-order valence-corrected chi connectivity index (χ3v) is 3.31. The quantitative estimate of drug-likeness (QED) is 0.779. The summed E-state index contributed by atoms with van der Waals surface area (Å²) in [7, 11) is 0. The van der Waals surface area contributed by atoms with Crippen LogP contribution in [-0.4, -0.2) is 63.3 Å². The Morgan fingerprint density at radius 2 is 2.11 bits per heavy atom. The first kappa shape index (κ1) is 14.8. The maximum atomic E-state index is 12.2. The average molecular weight is 258 g/mol. The summed E-state index contributed by atoms with van der Waals surface area (Å²) in [6, 6.07) is -0.533. The van der Waals surface area contributed by atoms with Gasteiger partial charge in [0.05, 0.1) is 18.6 Å². The fourth-order valence-electron chi connectivity index (χ4n) is 2.29. The number of carboxylic acids is 1. The third kappa shape index (κ3) is 3.60. The zero-order chi connectivity index (χ0) is 13.9. The molecule has 0 aromatic rings.